The van der Waals surface area contributed by atoms with E-state index in [0.29, 0.717) is 22.7 Å². The number of halogens is 1. The largest absolute Gasteiger partial charge is 0.410 e. The standard InChI is InChI=1S/C16H14ClN3O2S2/c1-20(9-11-4-6-12(17)7-5-11)14(21)10-24-16-19-18-15(22-16)13-3-2-8-23-13/h2-8H,9-10H2,1H3. The van der Waals surface area contributed by atoms with Gasteiger partial charge in [-0.2, -0.15) is 0 Å². The highest BCUT2D eigenvalue weighted by atomic mass is 35.5. The number of hydrogen-bond donors (Lipinski definition) is 0. The molecule has 3 aromatic rings. The first-order chi connectivity index (χ1) is 11.6. The van der Waals surface area contributed by atoms with Crippen molar-refractivity contribution in [1.29, 1.82) is 0 Å². The Morgan fingerprint density at radius 3 is 2.79 bits per heavy atom. The molecule has 124 valence electrons. The van der Waals surface area contributed by atoms with Crippen LogP contribution in [0.2, 0.25) is 5.02 Å². The maximum absolute atomic E-state index is 12.2. The molecule has 0 atom stereocenters. The van der Waals surface area contributed by atoms with E-state index < -0.39 is 0 Å². The number of amides is 1. The third-order valence-electron chi connectivity index (χ3n) is 3.22. The number of nitrogens with zero attached hydrogens (tertiary/aromatic N) is 3. The summed E-state index contributed by atoms with van der Waals surface area (Å²) in [6, 6.07) is 11.3. The Bertz CT molecular complexity index is 803. The van der Waals surface area contributed by atoms with Crippen molar-refractivity contribution in [2.24, 2.45) is 0 Å². The topological polar surface area (TPSA) is 59.2 Å². The van der Waals surface area contributed by atoms with Crippen molar-refractivity contribution < 1.29 is 9.21 Å². The van der Waals surface area contributed by atoms with Gasteiger partial charge in [-0.05, 0) is 29.1 Å². The minimum atomic E-state index is -0.00850. The highest BCUT2D eigenvalue weighted by Crippen LogP contribution is 2.26. The van der Waals surface area contributed by atoms with E-state index in [1.165, 1.54) is 23.1 Å². The van der Waals surface area contributed by atoms with Crippen LogP contribution in [0.3, 0.4) is 0 Å². The van der Waals surface area contributed by atoms with Crippen LogP contribution in [0.1, 0.15) is 5.56 Å². The Morgan fingerprint density at radius 1 is 1.29 bits per heavy atom. The maximum Gasteiger partial charge on any atom is 0.277 e. The molecule has 5 nitrogen and oxygen atoms in total. The van der Waals surface area contributed by atoms with Gasteiger partial charge in [-0.3, -0.25) is 4.79 Å². The van der Waals surface area contributed by atoms with E-state index >= 15 is 0 Å². The number of aromatic nitrogens is 2. The molecule has 0 radical (unpaired) electrons. The molecule has 0 aliphatic heterocycles. The number of carbonyl (C=O) groups is 1. The lowest BCUT2D eigenvalue weighted by Crippen LogP contribution is -2.27. The van der Waals surface area contributed by atoms with Crippen LogP contribution < -0.4 is 0 Å². The lowest BCUT2D eigenvalue weighted by atomic mass is 10.2. The summed E-state index contributed by atoms with van der Waals surface area (Å²) in [6.45, 7) is 0.529. The molecule has 0 N–H and O–H groups in total. The van der Waals surface area contributed by atoms with Gasteiger partial charge in [-0.15, -0.1) is 21.5 Å². The summed E-state index contributed by atoms with van der Waals surface area (Å²) < 4.78 is 5.56. The van der Waals surface area contributed by atoms with Gasteiger partial charge in [0, 0.05) is 18.6 Å². The fourth-order valence-corrected chi connectivity index (χ4v) is 3.43. The molecule has 2 heterocycles. The number of rotatable bonds is 6. The van der Waals surface area contributed by atoms with E-state index in [9.17, 15) is 4.79 Å². The quantitative estimate of drug-likeness (QED) is 0.600. The van der Waals surface area contributed by atoms with E-state index in [4.69, 9.17) is 16.0 Å². The highest BCUT2D eigenvalue weighted by molar-refractivity contribution is 7.99. The molecule has 0 saturated carbocycles. The van der Waals surface area contributed by atoms with Crippen LogP contribution in [0, 0.1) is 0 Å². The summed E-state index contributed by atoms with van der Waals surface area (Å²) in [7, 11) is 1.77. The Kier molecular flexibility index (Phi) is 5.55. The molecule has 0 spiro atoms. The zero-order valence-corrected chi connectivity index (χ0v) is 15.2. The van der Waals surface area contributed by atoms with Gasteiger partial charge in [-0.1, -0.05) is 41.6 Å². The number of thiophene rings is 1. The number of thioether (sulfide) groups is 1. The first kappa shape index (κ1) is 17.0. The molecular formula is C16H14ClN3O2S2. The van der Waals surface area contributed by atoms with E-state index in [-0.39, 0.29) is 11.7 Å². The van der Waals surface area contributed by atoms with Crippen molar-refractivity contribution in [3.05, 3.63) is 52.4 Å². The molecule has 0 unspecified atom stereocenters. The van der Waals surface area contributed by atoms with E-state index in [0.717, 1.165) is 10.4 Å². The second-order valence-corrected chi connectivity index (χ2v) is 7.33. The summed E-state index contributed by atoms with van der Waals surface area (Å²) in [5, 5.41) is 11.0. The van der Waals surface area contributed by atoms with Crippen LogP contribution in [-0.4, -0.2) is 33.8 Å². The second kappa shape index (κ2) is 7.83. The molecule has 24 heavy (non-hydrogen) atoms. The molecule has 0 aliphatic rings. The molecule has 3 rings (SSSR count). The average Bonchev–Trinajstić information content (AvgIpc) is 3.25. The van der Waals surface area contributed by atoms with E-state index in [2.05, 4.69) is 10.2 Å². The third-order valence-corrected chi connectivity index (χ3v) is 5.13. The third kappa shape index (κ3) is 4.37. The van der Waals surface area contributed by atoms with Gasteiger partial charge in [0.05, 0.1) is 10.6 Å². The monoisotopic (exact) mass is 379 g/mol. The van der Waals surface area contributed by atoms with Crippen LogP contribution >= 0.6 is 34.7 Å². The van der Waals surface area contributed by atoms with E-state index in [1.807, 2.05) is 41.8 Å². The van der Waals surface area contributed by atoms with Gasteiger partial charge < -0.3 is 9.32 Å². The minimum absolute atomic E-state index is 0.00850. The highest BCUT2D eigenvalue weighted by Gasteiger charge is 2.14. The molecule has 1 aromatic carbocycles. The van der Waals surface area contributed by atoms with Crippen molar-refractivity contribution in [3.63, 3.8) is 0 Å². The van der Waals surface area contributed by atoms with Gasteiger partial charge in [0.1, 0.15) is 0 Å². The van der Waals surface area contributed by atoms with Crippen LogP contribution in [0.5, 0.6) is 0 Å². The van der Waals surface area contributed by atoms with Crippen LogP contribution in [0.25, 0.3) is 10.8 Å². The van der Waals surface area contributed by atoms with E-state index in [1.54, 1.807) is 11.9 Å². The number of benzene rings is 1. The molecule has 0 fully saturated rings. The van der Waals surface area contributed by atoms with Crippen molar-refractivity contribution in [3.8, 4) is 10.8 Å². The Labute approximate surface area is 152 Å². The predicted molar refractivity (Wildman–Crippen MR) is 96.3 cm³/mol. The maximum atomic E-state index is 12.2. The molecule has 8 heteroatoms. The van der Waals surface area contributed by atoms with Crippen LogP contribution in [-0.2, 0) is 11.3 Å². The average molecular weight is 380 g/mol. The van der Waals surface area contributed by atoms with Crippen molar-refractivity contribution in [1.82, 2.24) is 15.1 Å². The fraction of sp³-hybridized carbons (Fsp3) is 0.188. The zero-order valence-electron chi connectivity index (χ0n) is 12.8. The number of hydrogen-bond acceptors (Lipinski definition) is 6. The molecule has 1 amide bonds. The summed E-state index contributed by atoms with van der Waals surface area (Å²) in [4.78, 5) is 14.8. The zero-order chi connectivity index (χ0) is 16.9. The second-order valence-electron chi connectivity index (χ2n) is 5.02. The van der Waals surface area contributed by atoms with Crippen molar-refractivity contribution >= 4 is 40.6 Å². The lowest BCUT2D eigenvalue weighted by molar-refractivity contribution is -0.127. The first-order valence-electron chi connectivity index (χ1n) is 7.10. The van der Waals surface area contributed by atoms with Gasteiger partial charge in [-0.25, -0.2) is 0 Å². The van der Waals surface area contributed by atoms with Gasteiger partial charge in [0.25, 0.3) is 11.1 Å². The van der Waals surface area contributed by atoms with Crippen molar-refractivity contribution in [2.75, 3.05) is 12.8 Å². The lowest BCUT2D eigenvalue weighted by Gasteiger charge is -2.16. The molecule has 0 saturated heterocycles. The Balaban J connectivity index is 1.52. The Hall–Kier alpha value is -1.83. The van der Waals surface area contributed by atoms with Crippen molar-refractivity contribution in [2.45, 2.75) is 11.8 Å². The molecular weight excluding hydrogens is 366 g/mol. The molecule has 0 bridgehead atoms. The van der Waals surface area contributed by atoms with Crippen LogP contribution in [0.4, 0.5) is 0 Å². The first-order valence-corrected chi connectivity index (χ1v) is 9.35. The predicted octanol–water partition coefficient (Wildman–Crippen LogP) is 4.20. The summed E-state index contributed by atoms with van der Waals surface area (Å²) in [5.41, 5.74) is 1.03. The van der Waals surface area contributed by atoms with Crippen LogP contribution in [0.15, 0.2) is 51.4 Å². The summed E-state index contributed by atoms with van der Waals surface area (Å²) in [5.74, 6) is 0.719. The van der Waals surface area contributed by atoms with Gasteiger partial charge >= 0.3 is 0 Å². The fourth-order valence-electron chi connectivity index (χ4n) is 1.95. The summed E-state index contributed by atoms with van der Waals surface area (Å²) in [6.07, 6.45) is 0. The minimum Gasteiger partial charge on any atom is -0.410 e. The SMILES string of the molecule is CN(Cc1ccc(Cl)cc1)C(=O)CSc1nnc(-c2cccs2)o1. The Morgan fingerprint density at radius 2 is 2.08 bits per heavy atom. The summed E-state index contributed by atoms with van der Waals surface area (Å²) >= 11 is 8.63. The molecule has 2 aromatic heterocycles. The number of carbonyl (C=O) groups excluding carboxylic acids is 1. The normalized spacial score (nSPS) is 10.8. The molecule has 0 aliphatic carbocycles. The smallest absolute Gasteiger partial charge is 0.277 e. The van der Waals surface area contributed by atoms with Gasteiger partial charge in [0.15, 0.2) is 0 Å². The van der Waals surface area contributed by atoms with Gasteiger partial charge in [0.2, 0.25) is 5.91 Å².